The third kappa shape index (κ3) is 1.09. The molecule has 4 heteroatoms. The fourth-order valence-corrected chi connectivity index (χ4v) is 1.75. The van der Waals surface area contributed by atoms with Crippen molar-refractivity contribution >= 4 is 26.8 Å². The van der Waals surface area contributed by atoms with E-state index in [1.54, 1.807) is 6.07 Å². The van der Waals surface area contributed by atoms with Crippen molar-refractivity contribution in [2.75, 3.05) is 0 Å². The Morgan fingerprint density at radius 3 is 2.92 bits per heavy atom. The largest absolute Gasteiger partial charge is 0.494 e. The molecule has 0 unspecified atom stereocenters. The van der Waals surface area contributed by atoms with E-state index in [9.17, 15) is 5.11 Å². The summed E-state index contributed by atoms with van der Waals surface area (Å²) in [6, 6.07) is 7.40. The van der Waals surface area contributed by atoms with Gasteiger partial charge in [0.2, 0.25) is 5.88 Å². The van der Waals surface area contributed by atoms with Gasteiger partial charge in [-0.2, -0.15) is 5.26 Å². The minimum atomic E-state index is -0.0793. The number of rotatable bonds is 0. The molecule has 0 fully saturated rings. The molecular formula is C9H5BrN2O. The standard InChI is InChI=1S/C9H5BrN2O/c10-7-3-1-2-5-6(4-11)9(13)12-8(5)7/h1-3,12-13H. The van der Waals surface area contributed by atoms with Crippen LogP contribution in [0.3, 0.4) is 0 Å². The van der Waals surface area contributed by atoms with Gasteiger partial charge >= 0.3 is 0 Å². The number of nitrogens with one attached hydrogen (secondary N) is 1. The zero-order chi connectivity index (χ0) is 9.42. The smallest absolute Gasteiger partial charge is 0.207 e. The molecule has 0 spiro atoms. The summed E-state index contributed by atoms with van der Waals surface area (Å²) in [7, 11) is 0. The van der Waals surface area contributed by atoms with Crippen LogP contribution in [0.5, 0.6) is 5.88 Å². The van der Waals surface area contributed by atoms with Gasteiger partial charge in [-0.15, -0.1) is 0 Å². The van der Waals surface area contributed by atoms with Crippen LogP contribution >= 0.6 is 15.9 Å². The number of aromatic amines is 1. The molecule has 1 aromatic carbocycles. The summed E-state index contributed by atoms with van der Waals surface area (Å²) >= 11 is 3.32. The maximum Gasteiger partial charge on any atom is 0.207 e. The number of halogens is 1. The number of H-pyrrole nitrogens is 1. The predicted molar refractivity (Wildman–Crippen MR) is 52.4 cm³/mol. The molecule has 0 aliphatic carbocycles. The van der Waals surface area contributed by atoms with Gasteiger partial charge in [0.15, 0.2) is 0 Å². The monoisotopic (exact) mass is 236 g/mol. The topological polar surface area (TPSA) is 59.8 Å². The molecule has 0 saturated heterocycles. The second-order valence-electron chi connectivity index (χ2n) is 2.62. The molecule has 0 atom stereocenters. The van der Waals surface area contributed by atoms with E-state index in [4.69, 9.17) is 5.26 Å². The molecule has 0 saturated carbocycles. The number of aromatic nitrogens is 1. The van der Waals surface area contributed by atoms with E-state index < -0.39 is 0 Å². The van der Waals surface area contributed by atoms with Crippen molar-refractivity contribution in [3.05, 3.63) is 28.2 Å². The summed E-state index contributed by atoms with van der Waals surface area (Å²) in [5, 5.41) is 18.8. The van der Waals surface area contributed by atoms with Crippen molar-refractivity contribution in [2.24, 2.45) is 0 Å². The van der Waals surface area contributed by atoms with Crippen molar-refractivity contribution < 1.29 is 5.11 Å². The van der Waals surface area contributed by atoms with Crippen molar-refractivity contribution in [1.82, 2.24) is 4.98 Å². The van der Waals surface area contributed by atoms with E-state index in [0.29, 0.717) is 0 Å². The normalized spacial score (nSPS) is 10.2. The van der Waals surface area contributed by atoms with E-state index in [1.165, 1.54) is 0 Å². The van der Waals surface area contributed by atoms with Crippen LogP contribution in [0, 0.1) is 11.3 Å². The van der Waals surface area contributed by atoms with Gasteiger partial charge < -0.3 is 10.1 Å². The van der Waals surface area contributed by atoms with E-state index in [-0.39, 0.29) is 11.4 Å². The SMILES string of the molecule is N#Cc1c(O)[nH]c2c(Br)cccc12. The van der Waals surface area contributed by atoms with E-state index in [0.717, 1.165) is 15.4 Å². The van der Waals surface area contributed by atoms with Crippen LogP contribution in [-0.2, 0) is 0 Å². The highest BCUT2D eigenvalue weighted by atomic mass is 79.9. The van der Waals surface area contributed by atoms with E-state index in [2.05, 4.69) is 20.9 Å². The average Bonchev–Trinajstić information content (AvgIpc) is 2.43. The van der Waals surface area contributed by atoms with Crippen LogP contribution in [0.15, 0.2) is 22.7 Å². The zero-order valence-electron chi connectivity index (χ0n) is 6.50. The summed E-state index contributed by atoms with van der Waals surface area (Å²) in [6.45, 7) is 0. The number of nitrogens with zero attached hydrogens (tertiary/aromatic N) is 1. The Labute approximate surface area is 82.7 Å². The maximum absolute atomic E-state index is 9.36. The molecular weight excluding hydrogens is 232 g/mol. The number of hydrogen-bond donors (Lipinski definition) is 2. The second-order valence-corrected chi connectivity index (χ2v) is 3.48. The van der Waals surface area contributed by atoms with Crippen LogP contribution in [-0.4, -0.2) is 10.1 Å². The fourth-order valence-electron chi connectivity index (χ4n) is 1.28. The number of aromatic hydroxyl groups is 1. The lowest BCUT2D eigenvalue weighted by Crippen LogP contribution is -1.70. The Balaban J connectivity index is 2.96. The molecule has 13 heavy (non-hydrogen) atoms. The van der Waals surface area contributed by atoms with Gasteiger partial charge in [-0.25, -0.2) is 0 Å². The quantitative estimate of drug-likeness (QED) is 0.739. The van der Waals surface area contributed by atoms with Crippen LogP contribution < -0.4 is 0 Å². The summed E-state index contributed by atoms with van der Waals surface area (Å²) < 4.78 is 0.835. The minimum Gasteiger partial charge on any atom is -0.494 e. The molecule has 1 heterocycles. The molecule has 0 amide bonds. The molecule has 64 valence electrons. The lowest BCUT2D eigenvalue weighted by molar-refractivity contribution is 0.457. The van der Waals surface area contributed by atoms with Crippen molar-refractivity contribution in [3.63, 3.8) is 0 Å². The van der Waals surface area contributed by atoms with Gasteiger partial charge in [-0.3, -0.25) is 0 Å². The highest BCUT2D eigenvalue weighted by molar-refractivity contribution is 9.10. The zero-order valence-corrected chi connectivity index (χ0v) is 8.09. The first-order chi connectivity index (χ1) is 6.24. The minimum absolute atomic E-state index is 0.0793. The molecule has 0 aliphatic rings. The summed E-state index contributed by atoms with van der Waals surface area (Å²) in [5.74, 6) is -0.0793. The number of benzene rings is 1. The molecule has 0 radical (unpaired) electrons. The third-order valence-electron chi connectivity index (χ3n) is 1.87. The fraction of sp³-hybridized carbons (Fsp3) is 0. The number of para-hydroxylation sites is 1. The molecule has 0 aliphatic heterocycles. The molecule has 0 bridgehead atoms. The average molecular weight is 237 g/mol. The van der Waals surface area contributed by atoms with Gasteiger partial charge in [0, 0.05) is 9.86 Å². The highest BCUT2D eigenvalue weighted by Crippen LogP contribution is 2.30. The molecule has 3 nitrogen and oxygen atoms in total. The Morgan fingerprint density at radius 2 is 2.23 bits per heavy atom. The van der Waals surface area contributed by atoms with Crippen molar-refractivity contribution in [2.45, 2.75) is 0 Å². The summed E-state index contributed by atoms with van der Waals surface area (Å²) in [5.41, 5.74) is 1.04. The van der Waals surface area contributed by atoms with Crippen LogP contribution in [0.4, 0.5) is 0 Å². The Kier molecular flexibility index (Phi) is 1.74. The first kappa shape index (κ1) is 8.14. The van der Waals surface area contributed by atoms with Crippen LogP contribution in [0.1, 0.15) is 5.56 Å². The van der Waals surface area contributed by atoms with Gasteiger partial charge in [0.1, 0.15) is 11.6 Å². The van der Waals surface area contributed by atoms with Crippen molar-refractivity contribution in [1.29, 1.82) is 5.26 Å². The Morgan fingerprint density at radius 1 is 1.46 bits per heavy atom. The van der Waals surface area contributed by atoms with Crippen LogP contribution in [0.25, 0.3) is 10.9 Å². The molecule has 2 aromatic rings. The van der Waals surface area contributed by atoms with E-state index >= 15 is 0 Å². The van der Waals surface area contributed by atoms with Gasteiger partial charge in [-0.05, 0) is 22.0 Å². The summed E-state index contributed by atoms with van der Waals surface area (Å²) in [4.78, 5) is 2.73. The van der Waals surface area contributed by atoms with Gasteiger partial charge in [0.25, 0.3) is 0 Å². The first-order valence-electron chi connectivity index (χ1n) is 3.63. The lowest BCUT2D eigenvalue weighted by Gasteiger charge is -1.91. The Bertz CT molecular complexity index is 510. The number of hydrogen-bond acceptors (Lipinski definition) is 2. The molecule has 2 rings (SSSR count). The Hall–Kier alpha value is -1.47. The van der Waals surface area contributed by atoms with Gasteiger partial charge in [-0.1, -0.05) is 12.1 Å². The summed E-state index contributed by atoms with van der Waals surface area (Å²) in [6.07, 6.45) is 0. The second kappa shape index (κ2) is 2.79. The van der Waals surface area contributed by atoms with E-state index in [1.807, 2.05) is 18.2 Å². The first-order valence-corrected chi connectivity index (χ1v) is 4.42. The van der Waals surface area contributed by atoms with Crippen LogP contribution in [0.2, 0.25) is 0 Å². The lowest BCUT2D eigenvalue weighted by atomic mass is 10.2. The maximum atomic E-state index is 9.36. The number of fused-ring (bicyclic) bond motifs is 1. The highest BCUT2D eigenvalue weighted by Gasteiger charge is 2.10. The third-order valence-corrected chi connectivity index (χ3v) is 2.54. The predicted octanol–water partition coefficient (Wildman–Crippen LogP) is 2.51. The van der Waals surface area contributed by atoms with Crippen molar-refractivity contribution in [3.8, 4) is 11.9 Å². The number of nitriles is 1. The van der Waals surface area contributed by atoms with Gasteiger partial charge in [0.05, 0.1) is 5.52 Å². The molecule has 2 N–H and O–H groups in total. The molecule has 1 aromatic heterocycles.